The van der Waals surface area contributed by atoms with Gasteiger partial charge in [0, 0.05) is 46.8 Å². The molecule has 0 unspecified atom stereocenters. The zero-order chi connectivity index (χ0) is 20.0. The molecule has 2 aromatic carbocycles. The number of likely N-dealkylation sites (tertiary alicyclic amines) is 1. The molecule has 2 aliphatic rings. The van der Waals surface area contributed by atoms with Gasteiger partial charge in [-0.1, -0.05) is 23.2 Å². The van der Waals surface area contributed by atoms with E-state index in [2.05, 4.69) is 9.88 Å². The van der Waals surface area contributed by atoms with Gasteiger partial charge in [-0.25, -0.2) is 4.98 Å². The maximum atomic E-state index is 10.0. The first-order chi connectivity index (χ1) is 14.1. The summed E-state index contributed by atoms with van der Waals surface area (Å²) in [5, 5.41) is 11.3. The average Bonchev–Trinajstić information content (AvgIpc) is 3.44. The fraction of sp³-hybridized carbons (Fsp3) is 0.318. The average molecular weight is 430 g/mol. The van der Waals surface area contributed by atoms with Gasteiger partial charge in [-0.3, -0.25) is 4.90 Å². The maximum Gasteiger partial charge on any atom is 0.140 e. The Morgan fingerprint density at radius 3 is 2.66 bits per heavy atom. The minimum Gasteiger partial charge on any atom is -0.484 e. The topological polar surface area (TPSA) is 50.5 Å². The van der Waals surface area contributed by atoms with Crippen molar-refractivity contribution in [2.45, 2.75) is 31.1 Å². The second kappa shape index (κ2) is 7.65. The van der Waals surface area contributed by atoms with Crippen LogP contribution in [0.3, 0.4) is 0 Å². The van der Waals surface area contributed by atoms with Crippen LogP contribution in [-0.2, 0) is 6.42 Å². The number of ether oxygens (including phenoxy) is 1. The number of nitrogens with zero attached hydrogens (tertiary/aromatic N) is 3. The van der Waals surface area contributed by atoms with Gasteiger partial charge in [0.1, 0.15) is 11.9 Å². The molecule has 5 rings (SSSR count). The largest absolute Gasteiger partial charge is 0.484 e. The van der Waals surface area contributed by atoms with Crippen LogP contribution in [0.25, 0.3) is 5.69 Å². The molecule has 1 aliphatic carbocycles. The molecular formula is C22H21Cl2N3O2. The van der Waals surface area contributed by atoms with Crippen LogP contribution in [0, 0.1) is 0 Å². The summed E-state index contributed by atoms with van der Waals surface area (Å²) in [6, 6.07) is 11.8. The fourth-order valence-electron chi connectivity index (χ4n) is 4.40. The van der Waals surface area contributed by atoms with E-state index in [0.29, 0.717) is 16.6 Å². The molecule has 0 amide bonds. The molecule has 29 heavy (non-hydrogen) atoms. The monoisotopic (exact) mass is 429 g/mol. The van der Waals surface area contributed by atoms with Gasteiger partial charge in [-0.05, 0) is 54.8 Å². The molecule has 7 heteroatoms. The van der Waals surface area contributed by atoms with Crippen molar-refractivity contribution in [3.05, 3.63) is 76.3 Å². The molecular weight excluding hydrogens is 409 g/mol. The normalized spacial score (nSPS) is 24.0. The van der Waals surface area contributed by atoms with Crippen LogP contribution in [0.15, 0.2) is 55.1 Å². The molecule has 1 saturated heterocycles. The zero-order valence-electron chi connectivity index (χ0n) is 15.7. The van der Waals surface area contributed by atoms with Crippen molar-refractivity contribution < 1.29 is 9.84 Å². The number of fused-ring (bicyclic) bond motifs is 1. The summed E-state index contributed by atoms with van der Waals surface area (Å²) in [4.78, 5) is 6.39. The van der Waals surface area contributed by atoms with Gasteiger partial charge in [0.2, 0.25) is 0 Å². The molecule has 1 N–H and O–H groups in total. The number of aliphatic hydroxyl groups is 1. The summed E-state index contributed by atoms with van der Waals surface area (Å²) in [5.74, 6) is 0.785. The molecule has 0 radical (unpaired) electrons. The second-order valence-electron chi connectivity index (χ2n) is 7.67. The van der Waals surface area contributed by atoms with E-state index >= 15 is 0 Å². The molecule has 3 atom stereocenters. The molecule has 1 aliphatic heterocycles. The lowest BCUT2D eigenvalue weighted by Gasteiger charge is -2.30. The van der Waals surface area contributed by atoms with Gasteiger partial charge < -0.3 is 14.4 Å². The molecule has 150 valence electrons. The molecule has 0 spiro atoms. The van der Waals surface area contributed by atoms with Crippen molar-refractivity contribution in [1.82, 2.24) is 14.5 Å². The van der Waals surface area contributed by atoms with E-state index in [4.69, 9.17) is 27.9 Å². The van der Waals surface area contributed by atoms with Crippen LogP contribution in [-0.4, -0.2) is 44.8 Å². The molecule has 0 saturated carbocycles. The summed E-state index contributed by atoms with van der Waals surface area (Å²) in [7, 11) is 0. The van der Waals surface area contributed by atoms with Crippen molar-refractivity contribution in [2.24, 2.45) is 0 Å². The zero-order valence-corrected chi connectivity index (χ0v) is 17.2. The smallest absolute Gasteiger partial charge is 0.140 e. The highest BCUT2D eigenvalue weighted by atomic mass is 35.5. The third-order valence-electron chi connectivity index (χ3n) is 5.83. The first kappa shape index (κ1) is 18.9. The molecule has 5 nitrogen and oxygen atoms in total. The van der Waals surface area contributed by atoms with Crippen LogP contribution < -0.4 is 4.74 Å². The van der Waals surface area contributed by atoms with Gasteiger partial charge in [0.15, 0.2) is 0 Å². The van der Waals surface area contributed by atoms with Crippen molar-refractivity contribution >= 4 is 23.2 Å². The minimum atomic E-state index is -0.284. The van der Waals surface area contributed by atoms with E-state index in [1.54, 1.807) is 18.6 Å². The summed E-state index contributed by atoms with van der Waals surface area (Å²) < 4.78 is 8.43. The van der Waals surface area contributed by atoms with Crippen molar-refractivity contribution in [3.63, 3.8) is 0 Å². The quantitative estimate of drug-likeness (QED) is 0.671. The Morgan fingerprint density at radius 1 is 1.14 bits per heavy atom. The Labute approximate surface area is 179 Å². The Balaban J connectivity index is 1.45. The van der Waals surface area contributed by atoms with E-state index in [1.165, 1.54) is 0 Å². The van der Waals surface area contributed by atoms with Gasteiger partial charge in [0.05, 0.1) is 18.5 Å². The highest BCUT2D eigenvalue weighted by Gasteiger charge is 2.41. The van der Waals surface area contributed by atoms with Gasteiger partial charge in [-0.15, -0.1) is 0 Å². The number of hydrogen-bond donors (Lipinski definition) is 1. The number of benzene rings is 2. The highest BCUT2D eigenvalue weighted by molar-refractivity contribution is 6.35. The fourth-order valence-corrected chi connectivity index (χ4v) is 4.99. The Kier molecular flexibility index (Phi) is 5.00. The number of aromatic nitrogens is 2. The van der Waals surface area contributed by atoms with E-state index < -0.39 is 0 Å². The Bertz CT molecular complexity index is 1010. The summed E-state index contributed by atoms with van der Waals surface area (Å²) >= 11 is 12.8. The van der Waals surface area contributed by atoms with Crippen molar-refractivity contribution in [2.75, 3.05) is 13.1 Å². The van der Waals surface area contributed by atoms with Crippen LogP contribution in [0.5, 0.6) is 5.75 Å². The maximum absolute atomic E-state index is 10.0. The van der Waals surface area contributed by atoms with Crippen LogP contribution >= 0.6 is 23.2 Å². The lowest BCUT2D eigenvalue weighted by molar-refractivity contribution is 0.0818. The predicted molar refractivity (Wildman–Crippen MR) is 113 cm³/mol. The number of β-amino-alcohol motifs (C(OH)–C–C–N with tert-alkyl or cyclic N) is 1. The predicted octanol–water partition coefficient (Wildman–Crippen LogP) is 4.29. The number of halogens is 2. The molecule has 1 aromatic heterocycles. The number of aliphatic hydroxyl groups excluding tert-OH is 1. The number of rotatable bonds is 4. The lowest BCUT2D eigenvalue weighted by Crippen LogP contribution is -2.39. The van der Waals surface area contributed by atoms with E-state index in [-0.39, 0.29) is 18.2 Å². The van der Waals surface area contributed by atoms with E-state index in [0.717, 1.165) is 42.0 Å². The molecule has 3 aromatic rings. The SMILES string of the molecule is O[C@@H]1CCN([C@H]2Cc3c(Cl)cc(Cl)cc3[C@@H]2Oc2ccc(-n3ccnc3)cc2)C1. The molecule has 0 bridgehead atoms. The lowest BCUT2D eigenvalue weighted by atomic mass is 10.1. The summed E-state index contributed by atoms with van der Waals surface area (Å²) in [6.45, 7) is 1.51. The standard InChI is InChI=1S/C22H21Cl2N3O2/c23-14-9-19-18(20(24)10-14)11-21(26-7-5-16(28)12-26)22(19)29-17-3-1-15(2-4-17)27-8-6-25-13-27/h1-4,6,8-10,13,16,21-22,28H,5,7,11-12H2/t16-,21+,22+/m1/s1. The number of hydrogen-bond acceptors (Lipinski definition) is 4. The minimum absolute atomic E-state index is 0.117. The van der Waals surface area contributed by atoms with Crippen LogP contribution in [0.2, 0.25) is 10.0 Å². The van der Waals surface area contributed by atoms with Crippen LogP contribution in [0.4, 0.5) is 0 Å². The molecule has 2 heterocycles. The van der Waals surface area contributed by atoms with E-state index in [1.807, 2.05) is 41.1 Å². The van der Waals surface area contributed by atoms with Gasteiger partial charge >= 0.3 is 0 Å². The summed E-state index contributed by atoms with van der Waals surface area (Å²) in [6.07, 6.45) is 6.52. The van der Waals surface area contributed by atoms with E-state index in [9.17, 15) is 5.11 Å². The third kappa shape index (κ3) is 3.64. The number of imidazole rings is 1. The van der Waals surface area contributed by atoms with Crippen molar-refractivity contribution in [3.8, 4) is 11.4 Å². The van der Waals surface area contributed by atoms with Gasteiger partial charge in [-0.2, -0.15) is 0 Å². The third-order valence-corrected chi connectivity index (χ3v) is 6.39. The highest BCUT2D eigenvalue weighted by Crippen LogP contribution is 2.43. The first-order valence-corrected chi connectivity index (χ1v) is 10.5. The van der Waals surface area contributed by atoms with Crippen molar-refractivity contribution in [1.29, 1.82) is 0 Å². The molecule has 1 fully saturated rings. The van der Waals surface area contributed by atoms with Gasteiger partial charge in [0.25, 0.3) is 0 Å². The Hall–Kier alpha value is -2.05. The first-order valence-electron chi connectivity index (χ1n) is 9.73. The Morgan fingerprint density at radius 2 is 1.97 bits per heavy atom. The second-order valence-corrected chi connectivity index (χ2v) is 8.51. The summed E-state index contributed by atoms with van der Waals surface area (Å²) in [5.41, 5.74) is 3.14. The van der Waals surface area contributed by atoms with Crippen LogP contribution in [0.1, 0.15) is 23.7 Å².